The molecular weight excluding hydrogens is 316 g/mol. The second kappa shape index (κ2) is 7.36. The van der Waals surface area contributed by atoms with Gasteiger partial charge in [0.25, 0.3) is 0 Å². The van der Waals surface area contributed by atoms with E-state index in [0.717, 1.165) is 0 Å². The summed E-state index contributed by atoms with van der Waals surface area (Å²) in [7, 11) is 1.18. The molecule has 2 saturated heterocycles. The summed E-state index contributed by atoms with van der Waals surface area (Å²) in [5.41, 5.74) is 0. The number of carbonyl (C=O) groups is 1. The second-order valence-corrected chi connectivity index (χ2v) is 5.64. The fourth-order valence-electron chi connectivity index (χ4n) is 2.64. The van der Waals surface area contributed by atoms with Crippen molar-refractivity contribution in [2.24, 2.45) is 0 Å². The molecule has 2 heterocycles. The van der Waals surface area contributed by atoms with Gasteiger partial charge in [-0.3, -0.25) is 0 Å². The monoisotopic (exact) mass is 338 g/mol. The SMILES string of the molecule is CO[C@@H]1C(C(=O)O)O[C@@H](O[C@@H]2CO[C@@H](C)C(O)[C@H]2O)C(O)[C@H]1O. The highest BCUT2D eigenvalue weighted by molar-refractivity contribution is 5.73. The Labute approximate surface area is 132 Å². The zero-order chi connectivity index (χ0) is 17.3. The van der Waals surface area contributed by atoms with Crippen molar-refractivity contribution < 1.29 is 49.3 Å². The minimum absolute atomic E-state index is 0.0898. The first-order valence-electron chi connectivity index (χ1n) is 7.18. The minimum atomic E-state index is -1.60. The van der Waals surface area contributed by atoms with E-state index in [1.54, 1.807) is 6.92 Å². The summed E-state index contributed by atoms with van der Waals surface area (Å²) in [5, 5.41) is 48.9. The normalized spacial score (nSPS) is 48.2. The maximum absolute atomic E-state index is 11.2. The zero-order valence-electron chi connectivity index (χ0n) is 12.7. The Kier molecular flexibility index (Phi) is 5.92. The first-order valence-corrected chi connectivity index (χ1v) is 7.18. The van der Waals surface area contributed by atoms with Crippen LogP contribution in [0.2, 0.25) is 0 Å². The molecule has 2 fully saturated rings. The average molecular weight is 338 g/mol. The van der Waals surface area contributed by atoms with E-state index in [0.29, 0.717) is 0 Å². The summed E-state index contributed by atoms with van der Waals surface area (Å²) in [6.45, 7) is 1.48. The molecule has 3 unspecified atom stereocenters. The van der Waals surface area contributed by atoms with E-state index in [1.807, 2.05) is 0 Å². The number of methoxy groups -OCH3 is 1. The van der Waals surface area contributed by atoms with Gasteiger partial charge >= 0.3 is 5.97 Å². The van der Waals surface area contributed by atoms with Gasteiger partial charge in [-0.25, -0.2) is 4.79 Å². The number of aliphatic hydroxyl groups is 4. The molecule has 134 valence electrons. The predicted molar refractivity (Wildman–Crippen MR) is 71.4 cm³/mol. The van der Waals surface area contributed by atoms with Crippen LogP contribution in [0.4, 0.5) is 0 Å². The second-order valence-electron chi connectivity index (χ2n) is 5.64. The summed E-state index contributed by atoms with van der Waals surface area (Å²) in [6, 6.07) is 0. The van der Waals surface area contributed by atoms with Gasteiger partial charge in [0, 0.05) is 7.11 Å². The molecule has 0 amide bonds. The van der Waals surface area contributed by atoms with E-state index >= 15 is 0 Å². The molecule has 0 aromatic heterocycles. The van der Waals surface area contributed by atoms with Crippen molar-refractivity contribution in [1.29, 1.82) is 0 Å². The highest BCUT2D eigenvalue weighted by atomic mass is 16.7. The first-order chi connectivity index (χ1) is 10.8. The quantitative estimate of drug-likeness (QED) is 0.359. The topological polar surface area (TPSA) is 155 Å². The maximum Gasteiger partial charge on any atom is 0.335 e. The highest BCUT2D eigenvalue weighted by Crippen LogP contribution is 2.27. The molecule has 0 aliphatic carbocycles. The van der Waals surface area contributed by atoms with Crippen LogP contribution in [-0.2, 0) is 23.7 Å². The molecule has 2 aliphatic rings. The molecule has 10 heteroatoms. The smallest absolute Gasteiger partial charge is 0.335 e. The van der Waals surface area contributed by atoms with Crippen LogP contribution in [0.5, 0.6) is 0 Å². The van der Waals surface area contributed by atoms with Crippen molar-refractivity contribution in [2.45, 2.75) is 62.0 Å². The van der Waals surface area contributed by atoms with Gasteiger partial charge in [0.1, 0.15) is 36.6 Å². The third-order valence-corrected chi connectivity index (χ3v) is 4.10. The lowest BCUT2D eigenvalue weighted by Crippen LogP contribution is -2.63. The molecule has 5 N–H and O–H groups in total. The number of hydrogen-bond donors (Lipinski definition) is 5. The van der Waals surface area contributed by atoms with Crippen LogP contribution >= 0.6 is 0 Å². The van der Waals surface area contributed by atoms with Crippen LogP contribution < -0.4 is 0 Å². The molecule has 0 radical (unpaired) electrons. The third-order valence-electron chi connectivity index (χ3n) is 4.10. The largest absolute Gasteiger partial charge is 0.479 e. The van der Waals surface area contributed by atoms with Crippen LogP contribution in [-0.4, -0.2) is 100 Å². The van der Waals surface area contributed by atoms with E-state index < -0.39 is 61.1 Å². The number of aliphatic hydroxyl groups excluding tert-OH is 4. The molecule has 2 aliphatic heterocycles. The van der Waals surface area contributed by atoms with Crippen molar-refractivity contribution in [3.05, 3.63) is 0 Å². The molecule has 0 bridgehead atoms. The minimum Gasteiger partial charge on any atom is -0.479 e. The van der Waals surface area contributed by atoms with Gasteiger partial charge in [0.15, 0.2) is 12.4 Å². The van der Waals surface area contributed by atoms with Crippen molar-refractivity contribution in [2.75, 3.05) is 13.7 Å². The molecule has 23 heavy (non-hydrogen) atoms. The summed E-state index contributed by atoms with van der Waals surface area (Å²) in [4.78, 5) is 11.2. The van der Waals surface area contributed by atoms with Crippen LogP contribution in [0.3, 0.4) is 0 Å². The standard InChI is InChI=1S/C13H22O10/c1-4-6(14)7(15)5(3-21-4)22-13-9(17)8(16)10(20-2)11(23-13)12(18)19/h4-11,13-17H,3H2,1-2H3,(H,18,19)/t4-,5+,6?,7-,8+,9?,10-,11?,13+/m0/s1. The number of carboxylic acid groups (broad SMARTS) is 1. The van der Waals surface area contributed by atoms with Crippen LogP contribution in [0.15, 0.2) is 0 Å². The highest BCUT2D eigenvalue weighted by Gasteiger charge is 2.50. The Morgan fingerprint density at radius 3 is 2.30 bits per heavy atom. The number of hydrogen-bond acceptors (Lipinski definition) is 9. The van der Waals surface area contributed by atoms with E-state index in [1.165, 1.54) is 7.11 Å². The Morgan fingerprint density at radius 1 is 1.09 bits per heavy atom. The average Bonchev–Trinajstić information content (AvgIpc) is 2.51. The summed E-state index contributed by atoms with van der Waals surface area (Å²) >= 11 is 0. The summed E-state index contributed by atoms with van der Waals surface area (Å²) < 4.78 is 20.5. The number of ether oxygens (including phenoxy) is 4. The molecule has 0 spiro atoms. The van der Waals surface area contributed by atoms with Gasteiger partial charge in [-0.2, -0.15) is 0 Å². The first kappa shape index (κ1) is 18.5. The predicted octanol–water partition coefficient (Wildman–Crippen LogP) is -2.94. The van der Waals surface area contributed by atoms with E-state index in [2.05, 4.69) is 0 Å². The lowest BCUT2D eigenvalue weighted by atomic mass is 9.98. The van der Waals surface area contributed by atoms with E-state index in [4.69, 9.17) is 24.1 Å². The van der Waals surface area contributed by atoms with Crippen molar-refractivity contribution in [1.82, 2.24) is 0 Å². The van der Waals surface area contributed by atoms with Crippen LogP contribution in [0.25, 0.3) is 0 Å². The van der Waals surface area contributed by atoms with Gasteiger partial charge in [0.05, 0.1) is 12.7 Å². The van der Waals surface area contributed by atoms with Crippen molar-refractivity contribution in [3.8, 4) is 0 Å². The van der Waals surface area contributed by atoms with E-state index in [-0.39, 0.29) is 6.61 Å². The van der Waals surface area contributed by atoms with E-state index in [9.17, 15) is 25.2 Å². The number of aliphatic carboxylic acids is 1. The molecule has 0 saturated carbocycles. The fourth-order valence-corrected chi connectivity index (χ4v) is 2.64. The third kappa shape index (κ3) is 3.64. The molecule has 9 atom stereocenters. The maximum atomic E-state index is 11.2. The summed E-state index contributed by atoms with van der Waals surface area (Å²) in [6.07, 6.45) is -11.7. The fraction of sp³-hybridized carbons (Fsp3) is 0.923. The number of carboxylic acids is 1. The Bertz CT molecular complexity index is 418. The molecule has 2 rings (SSSR count). The molecule has 10 nitrogen and oxygen atoms in total. The molecule has 0 aromatic rings. The zero-order valence-corrected chi connectivity index (χ0v) is 12.7. The number of rotatable bonds is 4. The molecule has 0 aromatic carbocycles. The van der Waals surface area contributed by atoms with Crippen LogP contribution in [0, 0.1) is 0 Å². The lowest BCUT2D eigenvalue weighted by molar-refractivity contribution is -0.326. The van der Waals surface area contributed by atoms with Gasteiger partial charge in [-0.05, 0) is 6.92 Å². The lowest BCUT2D eigenvalue weighted by Gasteiger charge is -2.43. The Hall–Kier alpha value is -0.850. The van der Waals surface area contributed by atoms with Crippen LogP contribution in [0.1, 0.15) is 6.92 Å². The Morgan fingerprint density at radius 2 is 1.74 bits per heavy atom. The Balaban J connectivity index is 2.08. The van der Waals surface area contributed by atoms with Crippen molar-refractivity contribution in [3.63, 3.8) is 0 Å². The van der Waals surface area contributed by atoms with Gasteiger partial charge in [-0.15, -0.1) is 0 Å². The van der Waals surface area contributed by atoms with Gasteiger partial charge in [-0.1, -0.05) is 0 Å². The van der Waals surface area contributed by atoms with Crippen molar-refractivity contribution >= 4 is 5.97 Å². The van der Waals surface area contributed by atoms with Gasteiger partial charge < -0.3 is 44.5 Å². The summed E-state index contributed by atoms with van der Waals surface area (Å²) in [5.74, 6) is -1.40. The van der Waals surface area contributed by atoms with Gasteiger partial charge in [0.2, 0.25) is 0 Å². The molecular formula is C13H22O10.